The van der Waals surface area contributed by atoms with E-state index in [1.807, 2.05) is 26.0 Å². The predicted octanol–water partition coefficient (Wildman–Crippen LogP) is 2.43. The van der Waals surface area contributed by atoms with Crippen molar-refractivity contribution in [2.24, 2.45) is 0 Å². The van der Waals surface area contributed by atoms with Crippen molar-refractivity contribution in [2.45, 2.75) is 30.5 Å². The Kier molecular flexibility index (Phi) is 4.62. The summed E-state index contributed by atoms with van der Waals surface area (Å²) in [5.41, 5.74) is 1.18. The molecule has 15 heavy (non-hydrogen) atoms. The lowest BCUT2D eigenvalue weighted by Gasteiger charge is -2.08. The number of hydrogen-bond donors (Lipinski definition) is 0. The van der Waals surface area contributed by atoms with Gasteiger partial charge in [0.05, 0.1) is 18.6 Å². The van der Waals surface area contributed by atoms with Gasteiger partial charge < -0.3 is 4.74 Å². The number of rotatable bonds is 4. The normalized spacial score (nSPS) is 12.2. The Bertz CT molecular complexity index is 341. The predicted molar refractivity (Wildman–Crippen MR) is 60.9 cm³/mol. The molecule has 1 unspecified atom stereocenters. The van der Waals surface area contributed by atoms with E-state index >= 15 is 0 Å². The molecule has 1 aromatic rings. The highest BCUT2D eigenvalue weighted by Gasteiger charge is 2.11. The third-order valence-electron chi connectivity index (χ3n) is 1.89. The number of hydrogen-bond acceptors (Lipinski definition) is 4. The maximum atomic E-state index is 11.0. The Morgan fingerprint density at radius 1 is 1.67 bits per heavy atom. The van der Waals surface area contributed by atoms with Gasteiger partial charge in [-0.2, -0.15) is 0 Å². The Morgan fingerprint density at radius 2 is 2.40 bits per heavy atom. The molecular formula is C11H15NO2S. The highest BCUT2D eigenvalue weighted by molar-refractivity contribution is 7.99. The molecule has 0 N–H and O–H groups in total. The topological polar surface area (TPSA) is 39.2 Å². The first-order valence-corrected chi connectivity index (χ1v) is 5.66. The van der Waals surface area contributed by atoms with Gasteiger partial charge in [0.1, 0.15) is 0 Å². The second kappa shape index (κ2) is 5.75. The average molecular weight is 225 g/mol. The van der Waals surface area contributed by atoms with Gasteiger partial charge in [0.15, 0.2) is 0 Å². The first-order valence-electron chi connectivity index (χ1n) is 4.78. The second-order valence-electron chi connectivity index (χ2n) is 3.38. The van der Waals surface area contributed by atoms with Gasteiger partial charge in [0.25, 0.3) is 0 Å². The lowest BCUT2D eigenvalue weighted by atomic mass is 10.3. The van der Waals surface area contributed by atoms with Crippen LogP contribution in [-0.2, 0) is 9.53 Å². The minimum atomic E-state index is -0.178. The summed E-state index contributed by atoms with van der Waals surface area (Å²) in [5, 5.41) is 1.14. The van der Waals surface area contributed by atoms with Crippen molar-refractivity contribution in [2.75, 3.05) is 7.11 Å². The summed E-state index contributed by atoms with van der Waals surface area (Å²) in [6, 6.07) is 3.97. The quantitative estimate of drug-likeness (QED) is 0.583. The second-order valence-corrected chi connectivity index (χ2v) is 4.84. The standard InChI is InChI=1S/C11H15NO2S/c1-8-4-5-12-10(6-8)15-9(2)7-11(13)14-3/h4-6,9H,7H2,1-3H3. The largest absolute Gasteiger partial charge is 0.469 e. The van der Waals surface area contributed by atoms with Crippen molar-refractivity contribution >= 4 is 17.7 Å². The summed E-state index contributed by atoms with van der Waals surface area (Å²) in [6.45, 7) is 4.02. The fourth-order valence-corrected chi connectivity index (χ4v) is 2.15. The Hall–Kier alpha value is -1.03. The molecule has 0 fully saturated rings. The molecule has 1 aromatic heterocycles. The molecule has 0 bridgehead atoms. The van der Waals surface area contributed by atoms with Gasteiger partial charge in [-0.1, -0.05) is 6.92 Å². The SMILES string of the molecule is COC(=O)CC(C)Sc1cc(C)ccn1. The van der Waals surface area contributed by atoms with E-state index in [9.17, 15) is 4.79 Å². The molecule has 4 heteroatoms. The van der Waals surface area contributed by atoms with Crippen LogP contribution < -0.4 is 0 Å². The van der Waals surface area contributed by atoms with Crippen LogP contribution in [0.5, 0.6) is 0 Å². The Balaban J connectivity index is 2.51. The molecule has 82 valence electrons. The number of aryl methyl sites for hydroxylation is 1. The van der Waals surface area contributed by atoms with Gasteiger partial charge in [0, 0.05) is 11.4 Å². The Labute approximate surface area is 94.2 Å². The van der Waals surface area contributed by atoms with E-state index < -0.39 is 0 Å². The van der Waals surface area contributed by atoms with Crippen LogP contribution >= 0.6 is 11.8 Å². The summed E-state index contributed by atoms with van der Waals surface area (Å²) < 4.78 is 4.61. The molecule has 0 aliphatic carbocycles. The third-order valence-corrected chi connectivity index (χ3v) is 2.93. The summed E-state index contributed by atoms with van der Waals surface area (Å²) in [5.74, 6) is -0.178. The molecule has 0 aliphatic rings. The first kappa shape index (κ1) is 12.0. The summed E-state index contributed by atoms with van der Waals surface area (Å²) in [6.07, 6.45) is 2.19. The maximum absolute atomic E-state index is 11.0. The number of carbonyl (C=O) groups is 1. The van der Waals surface area contributed by atoms with Crippen LogP contribution in [0.2, 0.25) is 0 Å². The van der Waals surface area contributed by atoms with E-state index in [2.05, 4.69) is 9.72 Å². The van der Waals surface area contributed by atoms with Crippen LogP contribution in [0.4, 0.5) is 0 Å². The molecule has 3 nitrogen and oxygen atoms in total. The van der Waals surface area contributed by atoms with E-state index in [1.165, 1.54) is 12.7 Å². The molecule has 0 saturated carbocycles. The first-order chi connectivity index (χ1) is 7.11. The van der Waals surface area contributed by atoms with Gasteiger partial charge in [-0.25, -0.2) is 4.98 Å². The van der Waals surface area contributed by atoms with E-state index in [4.69, 9.17) is 0 Å². The van der Waals surface area contributed by atoms with Crippen molar-refractivity contribution < 1.29 is 9.53 Å². The molecule has 0 spiro atoms. The van der Waals surface area contributed by atoms with Crippen molar-refractivity contribution in [3.8, 4) is 0 Å². The number of carbonyl (C=O) groups excluding carboxylic acids is 1. The minimum Gasteiger partial charge on any atom is -0.469 e. The number of pyridine rings is 1. The van der Waals surface area contributed by atoms with E-state index in [0.29, 0.717) is 6.42 Å². The van der Waals surface area contributed by atoms with Crippen molar-refractivity contribution in [1.82, 2.24) is 4.98 Å². The highest BCUT2D eigenvalue weighted by Crippen LogP contribution is 2.23. The van der Waals surface area contributed by atoms with E-state index in [0.717, 1.165) is 5.03 Å². The van der Waals surface area contributed by atoms with Crippen LogP contribution in [0.3, 0.4) is 0 Å². The zero-order chi connectivity index (χ0) is 11.3. The number of nitrogens with zero attached hydrogens (tertiary/aromatic N) is 1. The lowest BCUT2D eigenvalue weighted by molar-refractivity contribution is -0.140. The molecule has 1 atom stereocenters. The molecule has 0 aromatic carbocycles. The minimum absolute atomic E-state index is 0.178. The van der Waals surface area contributed by atoms with Gasteiger partial charge in [0.2, 0.25) is 0 Å². The molecule has 0 amide bonds. The third kappa shape index (κ3) is 4.34. The van der Waals surface area contributed by atoms with Crippen molar-refractivity contribution in [3.05, 3.63) is 23.9 Å². The fraction of sp³-hybridized carbons (Fsp3) is 0.455. The van der Waals surface area contributed by atoms with E-state index in [1.54, 1.807) is 18.0 Å². The average Bonchev–Trinajstić information content (AvgIpc) is 2.17. The fourth-order valence-electron chi connectivity index (χ4n) is 1.14. The highest BCUT2D eigenvalue weighted by atomic mass is 32.2. The number of thioether (sulfide) groups is 1. The van der Waals surface area contributed by atoms with Crippen LogP contribution in [-0.4, -0.2) is 23.3 Å². The van der Waals surface area contributed by atoms with Crippen LogP contribution in [0.1, 0.15) is 18.9 Å². The van der Waals surface area contributed by atoms with Crippen LogP contribution in [0.25, 0.3) is 0 Å². The maximum Gasteiger partial charge on any atom is 0.306 e. The Morgan fingerprint density at radius 3 is 3.00 bits per heavy atom. The van der Waals surface area contributed by atoms with E-state index in [-0.39, 0.29) is 11.2 Å². The molecular weight excluding hydrogens is 210 g/mol. The van der Waals surface area contributed by atoms with Gasteiger partial charge >= 0.3 is 5.97 Å². The van der Waals surface area contributed by atoms with Gasteiger partial charge in [-0.3, -0.25) is 4.79 Å². The lowest BCUT2D eigenvalue weighted by Crippen LogP contribution is -2.08. The van der Waals surface area contributed by atoms with Gasteiger partial charge in [-0.15, -0.1) is 11.8 Å². The molecule has 1 rings (SSSR count). The molecule has 0 radical (unpaired) electrons. The van der Waals surface area contributed by atoms with Crippen LogP contribution in [0, 0.1) is 6.92 Å². The monoisotopic (exact) mass is 225 g/mol. The summed E-state index contributed by atoms with van der Waals surface area (Å²) in [4.78, 5) is 15.2. The van der Waals surface area contributed by atoms with Gasteiger partial charge in [-0.05, 0) is 24.6 Å². The zero-order valence-electron chi connectivity index (χ0n) is 9.19. The summed E-state index contributed by atoms with van der Waals surface area (Å²) in [7, 11) is 1.41. The number of ether oxygens (including phenoxy) is 1. The summed E-state index contributed by atoms with van der Waals surface area (Å²) >= 11 is 1.59. The number of methoxy groups -OCH3 is 1. The van der Waals surface area contributed by atoms with Crippen LogP contribution in [0.15, 0.2) is 23.4 Å². The van der Waals surface area contributed by atoms with Crippen molar-refractivity contribution in [1.29, 1.82) is 0 Å². The van der Waals surface area contributed by atoms with Crippen molar-refractivity contribution in [3.63, 3.8) is 0 Å². The molecule has 0 aliphatic heterocycles. The molecule has 1 heterocycles. The smallest absolute Gasteiger partial charge is 0.306 e. The number of aromatic nitrogens is 1. The molecule has 0 saturated heterocycles. The number of esters is 1. The zero-order valence-corrected chi connectivity index (χ0v) is 10.0.